The van der Waals surface area contributed by atoms with Crippen molar-refractivity contribution < 1.29 is 28.2 Å². The van der Waals surface area contributed by atoms with Crippen LogP contribution < -0.4 is 25.0 Å². The number of nitrogens with one attached hydrogen (secondary N) is 1. The highest BCUT2D eigenvalue weighted by atomic mass is 16.5. The highest BCUT2D eigenvalue weighted by Gasteiger charge is 2.28. The number of ether oxygens (including phenoxy) is 3. The first-order chi connectivity index (χ1) is 14.6. The van der Waals surface area contributed by atoms with E-state index in [4.69, 9.17) is 18.3 Å². The van der Waals surface area contributed by atoms with Crippen molar-refractivity contribution in [3.63, 3.8) is 0 Å². The molecule has 0 spiro atoms. The Morgan fingerprint density at radius 3 is 2.57 bits per heavy atom. The Morgan fingerprint density at radius 2 is 1.93 bits per heavy atom. The molecule has 1 aliphatic rings. The van der Waals surface area contributed by atoms with Gasteiger partial charge in [-0.15, -0.1) is 0 Å². The number of phenolic OH excluding ortho intramolecular Hbond substituents is 1. The average Bonchev–Trinajstić information content (AvgIpc) is 2.96. The maximum absolute atomic E-state index is 12.6. The Bertz CT molecular complexity index is 1080. The standard InChI is InChI=1S/C21H23NO6/c1-11(23)22-15-7-5-12-9-18(27-3)20(25)21(28-4)19(12)13-6-8-17(26-2)16(24)10-14(13)15/h6,8-10,15,25H,5,7H2,1-4H3,(H,22,23)/t15-/m1/s1/i1D3. The summed E-state index contributed by atoms with van der Waals surface area (Å²) < 4.78 is 38.0. The molecule has 0 aliphatic heterocycles. The van der Waals surface area contributed by atoms with Gasteiger partial charge in [-0.25, -0.2) is 0 Å². The highest BCUT2D eigenvalue weighted by molar-refractivity contribution is 5.83. The zero-order valence-corrected chi connectivity index (χ0v) is 15.8. The quantitative estimate of drug-likeness (QED) is 0.836. The number of aromatic hydroxyl groups is 1. The molecule has 1 amide bonds. The number of benzene rings is 1. The van der Waals surface area contributed by atoms with Crippen LogP contribution >= 0.6 is 0 Å². The van der Waals surface area contributed by atoms with E-state index in [1.165, 1.54) is 33.5 Å². The normalized spacial score (nSPS) is 17.0. The molecular formula is C21H23NO6. The van der Waals surface area contributed by atoms with E-state index in [0.717, 1.165) is 5.56 Å². The van der Waals surface area contributed by atoms with Gasteiger partial charge >= 0.3 is 0 Å². The van der Waals surface area contributed by atoms with Crippen LogP contribution in [0.2, 0.25) is 0 Å². The zero-order chi connectivity index (χ0) is 22.9. The summed E-state index contributed by atoms with van der Waals surface area (Å²) in [7, 11) is 4.18. The van der Waals surface area contributed by atoms with Crippen LogP contribution in [0.5, 0.6) is 23.0 Å². The number of carbonyl (C=O) groups excluding carboxylic acids is 1. The third kappa shape index (κ3) is 3.35. The van der Waals surface area contributed by atoms with Crippen LogP contribution in [0.25, 0.3) is 11.1 Å². The number of methoxy groups -OCH3 is 3. The van der Waals surface area contributed by atoms with Crippen LogP contribution in [-0.4, -0.2) is 32.3 Å². The van der Waals surface area contributed by atoms with E-state index in [9.17, 15) is 14.7 Å². The van der Waals surface area contributed by atoms with Gasteiger partial charge in [0.05, 0.1) is 27.4 Å². The Balaban J connectivity index is 2.33. The number of hydrogen-bond acceptors (Lipinski definition) is 6. The molecule has 7 heteroatoms. The molecule has 1 atom stereocenters. The van der Waals surface area contributed by atoms with Crippen LogP contribution in [-0.2, 0) is 11.2 Å². The van der Waals surface area contributed by atoms with Crippen molar-refractivity contribution in [3.8, 4) is 34.1 Å². The second kappa shape index (κ2) is 7.80. The summed E-state index contributed by atoms with van der Waals surface area (Å²) >= 11 is 0. The largest absolute Gasteiger partial charge is 0.502 e. The van der Waals surface area contributed by atoms with Gasteiger partial charge < -0.3 is 24.6 Å². The Kier molecular flexibility index (Phi) is 4.40. The Morgan fingerprint density at radius 1 is 1.18 bits per heavy atom. The minimum Gasteiger partial charge on any atom is -0.502 e. The molecule has 148 valence electrons. The second-order valence-electron chi connectivity index (χ2n) is 6.34. The summed E-state index contributed by atoms with van der Waals surface area (Å²) in [6, 6.07) is 5.32. The van der Waals surface area contributed by atoms with Crippen molar-refractivity contribution >= 4 is 5.91 Å². The summed E-state index contributed by atoms with van der Waals surface area (Å²) in [5.41, 5.74) is 1.73. The van der Waals surface area contributed by atoms with Crippen molar-refractivity contribution in [2.75, 3.05) is 21.3 Å². The van der Waals surface area contributed by atoms with Gasteiger partial charge in [-0.3, -0.25) is 9.59 Å². The predicted molar refractivity (Wildman–Crippen MR) is 104 cm³/mol. The van der Waals surface area contributed by atoms with Crippen LogP contribution in [0.4, 0.5) is 0 Å². The van der Waals surface area contributed by atoms with Gasteiger partial charge in [0.2, 0.25) is 17.1 Å². The lowest BCUT2D eigenvalue weighted by Crippen LogP contribution is -2.26. The lowest BCUT2D eigenvalue weighted by atomic mass is 9.95. The van der Waals surface area contributed by atoms with Crippen molar-refractivity contribution in [3.05, 3.63) is 45.6 Å². The molecule has 0 unspecified atom stereocenters. The first-order valence-corrected chi connectivity index (χ1v) is 8.62. The van der Waals surface area contributed by atoms with Crippen LogP contribution in [0.15, 0.2) is 29.1 Å². The minimum atomic E-state index is -2.84. The molecule has 0 bridgehead atoms. The van der Waals surface area contributed by atoms with E-state index in [0.29, 0.717) is 29.5 Å². The lowest BCUT2D eigenvalue weighted by Gasteiger charge is -2.18. The monoisotopic (exact) mass is 388 g/mol. The van der Waals surface area contributed by atoms with Crippen LogP contribution in [0.3, 0.4) is 0 Å². The minimum absolute atomic E-state index is 0.0761. The van der Waals surface area contributed by atoms with Crippen molar-refractivity contribution in [2.45, 2.75) is 25.7 Å². The zero-order valence-electron chi connectivity index (χ0n) is 18.8. The third-order valence-electron chi connectivity index (χ3n) is 4.84. The highest BCUT2D eigenvalue weighted by Crippen LogP contribution is 2.49. The Labute approximate surface area is 167 Å². The van der Waals surface area contributed by atoms with E-state index in [1.807, 2.05) is 0 Å². The third-order valence-corrected chi connectivity index (χ3v) is 4.84. The average molecular weight is 388 g/mol. The summed E-state index contributed by atoms with van der Waals surface area (Å²) in [6.45, 7) is -2.84. The van der Waals surface area contributed by atoms with E-state index < -0.39 is 24.2 Å². The molecule has 2 aromatic carbocycles. The number of aryl methyl sites for hydroxylation is 1. The smallest absolute Gasteiger partial charge is 0.220 e. The fourth-order valence-corrected chi connectivity index (χ4v) is 3.60. The molecule has 2 N–H and O–H groups in total. The summed E-state index contributed by atoms with van der Waals surface area (Å²) in [5.74, 6) is -0.888. The molecule has 7 nitrogen and oxygen atoms in total. The number of phenols is 1. The molecule has 0 radical (unpaired) electrons. The number of amides is 1. The number of hydrogen-bond donors (Lipinski definition) is 2. The molecular weight excluding hydrogens is 362 g/mol. The molecule has 0 heterocycles. The van der Waals surface area contributed by atoms with Gasteiger partial charge in [0.1, 0.15) is 0 Å². The van der Waals surface area contributed by atoms with Gasteiger partial charge in [0.25, 0.3) is 0 Å². The predicted octanol–water partition coefficient (Wildman–Crippen LogP) is 2.57. The molecule has 0 fully saturated rings. The van der Waals surface area contributed by atoms with Crippen molar-refractivity contribution in [1.29, 1.82) is 0 Å². The topological polar surface area (TPSA) is 94.1 Å². The van der Waals surface area contributed by atoms with Crippen molar-refractivity contribution in [1.82, 2.24) is 5.32 Å². The van der Waals surface area contributed by atoms with Crippen molar-refractivity contribution in [2.24, 2.45) is 0 Å². The van der Waals surface area contributed by atoms with Gasteiger partial charge in [-0.1, -0.05) is 6.07 Å². The van der Waals surface area contributed by atoms with E-state index in [2.05, 4.69) is 5.32 Å². The first-order valence-electron chi connectivity index (χ1n) is 10.1. The maximum Gasteiger partial charge on any atom is 0.220 e. The molecule has 2 aromatic rings. The lowest BCUT2D eigenvalue weighted by molar-refractivity contribution is -0.119. The second-order valence-corrected chi connectivity index (χ2v) is 6.34. The van der Waals surface area contributed by atoms with Gasteiger partial charge in [-0.2, -0.15) is 0 Å². The Hall–Kier alpha value is -3.22. The summed E-state index contributed by atoms with van der Waals surface area (Å²) in [6.07, 6.45) is 0.711. The number of fused-ring (bicyclic) bond motifs is 3. The SMILES string of the molecule is [2H]C([2H])([2H])C(=O)N[C@@H]1CCc2cc(OC)c(O)c(OC)c2-c2ccc(OC)c(=O)cc21. The molecule has 3 rings (SSSR count). The molecule has 0 saturated heterocycles. The fraction of sp³-hybridized carbons (Fsp3) is 0.333. The van der Waals surface area contributed by atoms with Gasteiger partial charge in [0.15, 0.2) is 17.2 Å². The molecule has 28 heavy (non-hydrogen) atoms. The summed E-state index contributed by atoms with van der Waals surface area (Å²) in [5, 5.41) is 13.2. The van der Waals surface area contributed by atoms with Crippen LogP contribution in [0, 0.1) is 0 Å². The summed E-state index contributed by atoms with van der Waals surface area (Å²) in [4.78, 5) is 24.9. The molecule has 0 aromatic heterocycles. The van der Waals surface area contributed by atoms with Gasteiger partial charge in [0, 0.05) is 16.5 Å². The number of rotatable bonds is 4. The molecule has 0 saturated carbocycles. The van der Waals surface area contributed by atoms with Crippen LogP contribution in [0.1, 0.15) is 34.6 Å². The molecule has 1 aliphatic carbocycles. The van der Waals surface area contributed by atoms with E-state index >= 15 is 0 Å². The van der Waals surface area contributed by atoms with E-state index in [-0.39, 0.29) is 23.0 Å². The fourth-order valence-electron chi connectivity index (χ4n) is 3.60. The maximum atomic E-state index is 12.6. The van der Waals surface area contributed by atoms with E-state index in [1.54, 1.807) is 12.1 Å². The number of carbonyl (C=O) groups is 1. The van der Waals surface area contributed by atoms with Gasteiger partial charge in [-0.05, 0) is 47.7 Å². The first kappa shape index (κ1) is 15.8.